The second-order valence-corrected chi connectivity index (χ2v) is 6.40. The zero-order chi connectivity index (χ0) is 13.4. The van der Waals surface area contributed by atoms with Crippen molar-refractivity contribution < 1.29 is 5.11 Å². The van der Waals surface area contributed by atoms with Crippen LogP contribution in [0.5, 0.6) is 5.75 Å². The molecule has 0 spiro atoms. The van der Waals surface area contributed by atoms with Crippen molar-refractivity contribution in [1.82, 2.24) is 5.32 Å². The standard InChI is InChI=1S/C15H13Br2NO/c16-13-4-1-10(8-14(13)17)15-12-3-2-11(19)7-9(12)5-6-18-15/h1-4,7-8,15,18-19H,5-6H2. The van der Waals surface area contributed by atoms with Crippen molar-refractivity contribution >= 4 is 31.9 Å². The first kappa shape index (κ1) is 13.2. The first-order chi connectivity index (χ1) is 9.15. The number of halogens is 2. The van der Waals surface area contributed by atoms with Crippen molar-refractivity contribution in [2.24, 2.45) is 0 Å². The minimum Gasteiger partial charge on any atom is -0.508 e. The monoisotopic (exact) mass is 381 g/mol. The first-order valence-electron chi connectivity index (χ1n) is 6.15. The van der Waals surface area contributed by atoms with E-state index in [4.69, 9.17) is 0 Å². The molecule has 1 heterocycles. The number of phenols is 1. The lowest BCUT2D eigenvalue weighted by Crippen LogP contribution is -2.30. The number of hydrogen-bond donors (Lipinski definition) is 2. The van der Waals surface area contributed by atoms with Gasteiger partial charge in [-0.2, -0.15) is 0 Å². The summed E-state index contributed by atoms with van der Waals surface area (Å²) in [6, 6.07) is 12.1. The molecular formula is C15H13Br2NO. The Morgan fingerprint density at radius 1 is 1.05 bits per heavy atom. The SMILES string of the molecule is Oc1ccc2c(c1)CCNC2c1ccc(Br)c(Br)c1. The van der Waals surface area contributed by atoms with E-state index in [0.717, 1.165) is 21.9 Å². The summed E-state index contributed by atoms with van der Waals surface area (Å²) in [7, 11) is 0. The Balaban J connectivity index is 2.05. The summed E-state index contributed by atoms with van der Waals surface area (Å²) in [5.74, 6) is 0.344. The summed E-state index contributed by atoms with van der Waals surface area (Å²) in [6.07, 6.45) is 0.956. The molecule has 2 aromatic rings. The molecule has 1 unspecified atom stereocenters. The number of nitrogens with one attached hydrogen (secondary N) is 1. The molecule has 0 bridgehead atoms. The van der Waals surface area contributed by atoms with Crippen molar-refractivity contribution in [2.45, 2.75) is 12.5 Å². The topological polar surface area (TPSA) is 32.3 Å². The maximum absolute atomic E-state index is 9.59. The van der Waals surface area contributed by atoms with E-state index in [1.807, 2.05) is 12.1 Å². The van der Waals surface area contributed by atoms with E-state index in [-0.39, 0.29) is 6.04 Å². The quantitative estimate of drug-likeness (QED) is 0.776. The van der Waals surface area contributed by atoms with Gasteiger partial charge in [0.1, 0.15) is 5.75 Å². The average Bonchev–Trinajstić information content (AvgIpc) is 2.41. The van der Waals surface area contributed by atoms with Gasteiger partial charge in [-0.3, -0.25) is 0 Å². The molecule has 0 saturated heterocycles. The third-order valence-corrected chi connectivity index (χ3v) is 5.34. The van der Waals surface area contributed by atoms with Gasteiger partial charge in [0.2, 0.25) is 0 Å². The molecule has 98 valence electrons. The molecule has 0 radical (unpaired) electrons. The van der Waals surface area contributed by atoms with Gasteiger partial charge in [0, 0.05) is 15.5 Å². The third-order valence-electron chi connectivity index (χ3n) is 3.46. The van der Waals surface area contributed by atoms with Crippen LogP contribution in [0.1, 0.15) is 22.7 Å². The zero-order valence-corrected chi connectivity index (χ0v) is 13.3. The molecule has 2 nitrogen and oxygen atoms in total. The summed E-state index contributed by atoms with van der Waals surface area (Å²) >= 11 is 7.04. The Labute approximate surface area is 129 Å². The van der Waals surface area contributed by atoms with Gasteiger partial charge in [0.15, 0.2) is 0 Å². The van der Waals surface area contributed by atoms with E-state index in [1.165, 1.54) is 16.7 Å². The van der Waals surface area contributed by atoms with Crippen molar-refractivity contribution in [3.05, 3.63) is 62.0 Å². The summed E-state index contributed by atoms with van der Waals surface area (Å²) < 4.78 is 2.11. The number of fused-ring (bicyclic) bond motifs is 1. The van der Waals surface area contributed by atoms with Crippen LogP contribution in [0.4, 0.5) is 0 Å². The van der Waals surface area contributed by atoms with Crippen molar-refractivity contribution in [1.29, 1.82) is 0 Å². The fourth-order valence-electron chi connectivity index (χ4n) is 2.54. The molecule has 2 N–H and O–H groups in total. The number of benzene rings is 2. The highest BCUT2D eigenvalue weighted by molar-refractivity contribution is 9.13. The van der Waals surface area contributed by atoms with Crippen LogP contribution < -0.4 is 5.32 Å². The van der Waals surface area contributed by atoms with Crippen LogP contribution in [-0.4, -0.2) is 11.7 Å². The second-order valence-electron chi connectivity index (χ2n) is 4.69. The molecular weight excluding hydrogens is 370 g/mol. The van der Waals surface area contributed by atoms with Crippen molar-refractivity contribution in [3.63, 3.8) is 0 Å². The van der Waals surface area contributed by atoms with Gasteiger partial charge in [0.25, 0.3) is 0 Å². The summed E-state index contributed by atoms with van der Waals surface area (Å²) in [4.78, 5) is 0. The van der Waals surface area contributed by atoms with E-state index in [1.54, 1.807) is 6.07 Å². The molecule has 3 rings (SSSR count). The molecule has 4 heteroatoms. The highest BCUT2D eigenvalue weighted by atomic mass is 79.9. The molecule has 1 aliphatic heterocycles. The maximum atomic E-state index is 9.59. The average molecular weight is 383 g/mol. The molecule has 19 heavy (non-hydrogen) atoms. The predicted molar refractivity (Wildman–Crippen MR) is 83.5 cm³/mol. The Kier molecular flexibility index (Phi) is 3.65. The fraction of sp³-hybridized carbons (Fsp3) is 0.200. The van der Waals surface area contributed by atoms with Crippen LogP contribution in [0, 0.1) is 0 Å². The van der Waals surface area contributed by atoms with E-state index in [0.29, 0.717) is 5.75 Å². The van der Waals surface area contributed by atoms with Crippen LogP contribution >= 0.6 is 31.9 Å². The zero-order valence-electron chi connectivity index (χ0n) is 10.2. The third kappa shape index (κ3) is 2.57. The van der Waals surface area contributed by atoms with Gasteiger partial charge in [-0.25, -0.2) is 0 Å². The molecule has 0 fully saturated rings. The Morgan fingerprint density at radius 3 is 2.68 bits per heavy atom. The Bertz CT molecular complexity index is 628. The smallest absolute Gasteiger partial charge is 0.115 e. The van der Waals surface area contributed by atoms with E-state index < -0.39 is 0 Å². The van der Waals surface area contributed by atoms with Gasteiger partial charge in [-0.1, -0.05) is 12.1 Å². The van der Waals surface area contributed by atoms with E-state index in [2.05, 4.69) is 55.4 Å². The lowest BCUT2D eigenvalue weighted by molar-refractivity contribution is 0.471. The minimum absolute atomic E-state index is 0.189. The van der Waals surface area contributed by atoms with Crippen molar-refractivity contribution in [2.75, 3.05) is 6.54 Å². The molecule has 2 aromatic carbocycles. The van der Waals surface area contributed by atoms with Gasteiger partial charge < -0.3 is 10.4 Å². The largest absolute Gasteiger partial charge is 0.508 e. The van der Waals surface area contributed by atoms with Crippen LogP contribution in [0.15, 0.2) is 45.3 Å². The number of rotatable bonds is 1. The number of phenolic OH excluding ortho intramolecular Hbond substituents is 1. The normalized spacial score (nSPS) is 18.1. The van der Waals surface area contributed by atoms with E-state index in [9.17, 15) is 5.11 Å². The summed E-state index contributed by atoms with van der Waals surface area (Å²) in [5.41, 5.74) is 3.70. The minimum atomic E-state index is 0.189. The maximum Gasteiger partial charge on any atom is 0.115 e. The number of aromatic hydroxyl groups is 1. The predicted octanol–water partition coefficient (Wildman–Crippen LogP) is 4.15. The molecule has 0 amide bonds. The molecule has 1 aliphatic rings. The van der Waals surface area contributed by atoms with Gasteiger partial charge >= 0.3 is 0 Å². The number of hydrogen-bond acceptors (Lipinski definition) is 2. The second kappa shape index (κ2) is 5.27. The Morgan fingerprint density at radius 2 is 1.89 bits per heavy atom. The van der Waals surface area contributed by atoms with Crippen LogP contribution in [-0.2, 0) is 6.42 Å². The summed E-state index contributed by atoms with van der Waals surface area (Å²) in [5, 5.41) is 13.1. The lowest BCUT2D eigenvalue weighted by atomic mass is 9.90. The van der Waals surface area contributed by atoms with Gasteiger partial charge in [-0.05, 0) is 79.2 Å². The van der Waals surface area contributed by atoms with E-state index >= 15 is 0 Å². The van der Waals surface area contributed by atoms with Crippen LogP contribution in [0.3, 0.4) is 0 Å². The summed E-state index contributed by atoms with van der Waals surface area (Å²) in [6.45, 7) is 0.925. The first-order valence-corrected chi connectivity index (χ1v) is 7.74. The molecule has 0 aromatic heterocycles. The van der Waals surface area contributed by atoms with Crippen LogP contribution in [0.25, 0.3) is 0 Å². The fourth-order valence-corrected chi connectivity index (χ4v) is 3.18. The van der Waals surface area contributed by atoms with Gasteiger partial charge in [-0.15, -0.1) is 0 Å². The van der Waals surface area contributed by atoms with Crippen LogP contribution in [0.2, 0.25) is 0 Å². The molecule has 0 aliphatic carbocycles. The van der Waals surface area contributed by atoms with Crippen molar-refractivity contribution in [3.8, 4) is 5.75 Å². The molecule has 1 atom stereocenters. The molecule has 0 saturated carbocycles. The lowest BCUT2D eigenvalue weighted by Gasteiger charge is -2.27. The highest BCUT2D eigenvalue weighted by Crippen LogP contribution is 2.33. The highest BCUT2D eigenvalue weighted by Gasteiger charge is 2.21. The van der Waals surface area contributed by atoms with Gasteiger partial charge in [0.05, 0.1) is 6.04 Å². The Hall–Kier alpha value is -0.840.